The Morgan fingerprint density at radius 1 is 1.21 bits per heavy atom. The van der Waals surface area contributed by atoms with Crippen molar-refractivity contribution in [2.45, 2.75) is 13.3 Å². The van der Waals surface area contributed by atoms with Crippen molar-refractivity contribution in [3.05, 3.63) is 53.3 Å². The molecule has 0 aromatic carbocycles. The number of rotatable bonds is 6. The molecule has 6 nitrogen and oxygen atoms in total. The first-order valence-corrected chi connectivity index (χ1v) is 8.58. The summed E-state index contributed by atoms with van der Waals surface area (Å²) in [7, 11) is 1.99. The van der Waals surface area contributed by atoms with Crippen molar-refractivity contribution in [3.8, 4) is 10.4 Å². The Bertz CT molecular complexity index is 802. The highest BCUT2D eigenvalue weighted by molar-refractivity contribution is 7.15. The Kier molecular flexibility index (Phi) is 5.12. The second kappa shape index (κ2) is 7.46. The van der Waals surface area contributed by atoms with E-state index in [9.17, 15) is 0 Å². The van der Waals surface area contributed by atoms with Crippen molar-refractivity contribution >= 4 is 17.2 Å². The van der Waals surface area contributed by atoms with Crippen molar-refractivity contribution < 1.29 is 0 Å². The minimum absolute atomic E-state index is 0.594. The molecule has 2 N–H and O–H groups in total. The number of aryl methyl sites for hydroxylation is 1. The maximum absolute atomic E-state index is 5.63. The van der Waals surface area contributed by atoms with Crippen LogP contribution < -0.4 is 10.6 Å². The quantitative estimate of drug-likeness (QED) is 0.741. The van der Waals surface area contributed by atoms with Gasteiger partial charge < -0.3 is 10.6 Å². The van der Waals surface area contributed by atoms with Gasteiger partial charge in [-0.15, -0.1) is 11.3 Å². The molecular formula is C17H20N6S. The lowest BCUT2D eigenvalue weighted by atomic mass is 10.2. The summed E-state index contributed by atoms with van der Waals surface area (Å²) < 4.78 is 0. The first-order valence-electron chi connectivity index (χ1n) is 7.76. The molecule has 0 aliphatic carbocycles. The summed E-state index contributed by atoms with van der Waals surface area (Å²) in [6.45, 7) is 3.27. The normalized spacial score (nSPS) is 10.8. The molecule has 3 heterocycles. The Morgan fingerprint density at radius 3 is 2.75 bits per heavy atom. The van der Waals surface area contributed by atoms with Gasteiger partial charge in [0.15, 0.2) is 0 Å². The molecule has 0 aliphatic rings. The zero-order valence-electron chi connectivity index (χ0n) is 13.8. The van der Waals surface area contributed by atoms with Gasteiger partial charge in [0.1, 0.15) is 11.6 Å². The molecule has 24 heavy (non-hydrogen) atoms. The molecule has 0 saturated carbocycles. The minimum Gasteiger partial charge on any atom is -0.358 e. The number of anilines is 1. The Hall–Kier alpha value is -2.38. The van der Waals surface area contributed by atoms with Crippen LogP contribution in [0.1, 0.15) is 16.5 Å². The van der Waals surface area contributed by atoms with Crippen LogP contribution in [-0.4, -0.2) is 40.1 Å². The summed E-state index contributed by atoms with van der Waals surface area (Å²) in [5.41, 5.74) is 7.73. The number of likely N-dealkylation sites (N-methyl/N-ethyl adjacent to an activating group) is 1. The molecule has 0 saturated heterocycles. The lowest BCUT2D eigenvalue weighted by molar-refractivity contribution is 0.847. The molecule has 0 spiro atoms. The number of aromatic nitrogens is 4. The molecule has 3 rings (SSSR count). The van der Waals surface area contributed by atoms with Gasteiger partial charge in [-0.1, -0.05) is 0 Å². The molecular weight excluding hydrogens is 320 g/mol. The number of thiazole rings is 1. The van der Waals surface area contributed by atoms with Gasteiger partial charge in [0.2, 0.25) is 0 Å². The molecule has 0 fully saturated rings. The number of nitrogens with two attached hydrogens (primary N) is 1. The van der Waals surface area contributed by atoms with Gasteiger partial charge in [0, 0.05) is 51.2 Å². The van der Waals surface area contributed by atoms with E-state index in [1.165, 1.54) is 0 Å². The Labute approximate surface area is 145 Å². The van der Waals surface area contributed by atoms with E-state index in [0.29, 0.717) is 13.0 Å². The minimum atomic E-state index is 0.594. The standard InChI is InChI=1S/C17H20N6S/c1-12-21-14(9-16(22-12)23(2)8-5-18)10-17-20-11-15(24-17)13-3-6-19-7-4-13/h3-4,6-7,9,11H,5,8,10,18H2,1-2H3. The third kappa shape index (κ3) is 3.93. The molecule has 0 aliphatic heterocycles. The molecule has 3 aromatic rings. The molecule has 0 radical (unpaired) electrons. The van der Waals surface area contributed by atoms with E-state index < -0.39 is 0 Å². The van der Waals surface area contributed by atoms with Crippen LogP contribution in [0.25, 0.3) is 10.4 Å². The smallest absolute Gasteiger partial charge is 0.132 e. The van der Waals surface area contributed by atoms with Gasteiger partial charge in [-0.3, -0.25) is 4.98 Å². The molecule has 0 atom stereocenters. The number of hydrogen-bond donors (Lipinski definition) is 1. The van der Waals surface area contributed by atoms with Crippen molar-refractivity contribution in [1.29, 1.82) is 0 Å². The number of pyridine rings is 1. The second-order valence-corrected chi connectivity index (χ2v) is 6.62. The van der Waals surface area contributed by atoms with Crippen LogP contribution in [-0.2, 0) is 6.42 Å². The van der Waals surface area contributed by atoms with E-state index in [0.717, 1.165) is 39.3 Å². The number of nitrogens with zero attached hydrogens (tertiary/aromatic N) is 5. The van der Waals surface area contributed by atoms with Gasteiger partial charge in [-0.05, 0) is 24.6 Å². The van der Waals surface area contributed by atoms with Crippen LogP contribution in [0.2, 0.25) is 0 Å². The summed E-state index contributed by atoms with van der Waals surface area (Å²) >= 11 is 1.68. The summed E-state index contributed by atoms with van der Waals surface area (Å²) in [5, 5.41) is 1.03. The average molecular weight is 340 g/mol. The van der Waals surface area contributed by atoms with Crippen LogP contribution in [0, 0.1) is 6.92 Å². The summed E-state index contributed by atoms with van der Waals surface area (Å²) in [6, 6.07) is 5.99. The summed E-state index contributed by atoms with van der Waals surface area (Å²) in [4.78, 5) is 20.8. The topological polar surface area (TPSA) is 80.8 Å². The van der Waals surface area contributed by atoms with Crippen LogP contribution in [0.3, 0.4) is 0 Å². The summed E-state index contributed by atoms with van der Waals surface area (Å²) in [5.74, 6) is 1.66. The van der Waals surface area contributed by atoms with E-state index in [2.05, 4.69) is 19.9 Å². The lowest BCUT2D eigenvalue weighted by Crippen LogP contribution is -2.26. The molecule has 3 aromatic heterocycles. The zero-order valence-corrected chi connectivity index (χ0v) is 14.6. The predicted molar refractivity (Wildman–Crippen MR) is 97.2 cm³/mol. The van der Waals surface area contributed by atoms with Gasteiger partial charge in [-0.25, -0.2) is 15.0 Å². The third-order valence-corrected chi connectivity index (χ3v) is 4.63. The zero-order chi connectivity index (χ0) is 16.9. The lowest BCUT2D eigenvalue weighted by Gasteiger charge is -2.17. The molecule has 7 heteroatoms. The van der Waals surface area contributed by atoms with Crippen LogP contribution in [0.4, 0.5) is 5.82 Å². The predicted octanol–water partition coefficient (Wildman–Crippen LogP) is 2.29. The maximum Gasteiger partial charge on any atom is 0.132 e. The van der Waals surface area contributed by atoms with Crippen molar-refractivity contribution in [1.82, 2.24) is 19.9 Å². The Balaban J connectivity index is 1.80. The van der Waals surface area contributed by atoms with Crippen LogP contribution >= 0.6 is 11.3 Å². The fourth-order valence-corrected chi connectivity index (χ4v) is 3.34. The number of hydrogen-bond acceptors (Lipinski definition) is 7. The fourth-order valence-electron chi connectivity index (χ4n) is 2.40. The SMILES string of the molecule is Cc1nc(Cc2ncc(-c3ccncc3)s2)cc(N(C)CCN)n1. The van der Waals surface area contributed by atoms with Crippen LogP contribution in [0.15, 0.2) is 36.8 Å². The highest BCUT2D eigenvalue weighted by Gasteiger charge is 2.10. The second-order valence-electron chi connectivity index (χ2n) is 5.51. The summed E-state index contributed by atoms with van der Waals surface area (Å²) in [6.07, 6.45) is 6.19. The Morgan fingerprint density at radius 2 is 2.00 bits per heavy atom. The largest absolute Gasteiger partial charge is 0.358 e. The average Bonchev–Trinajstić information content (AvgIpc) is 3.04. The highest BCUT2D eigenvalue weighted by Crippen LogP contribution is 2.26. The van der Waals surface area contributed by atoms with Crippen molar-refractivity contribution in [2.24, 2.45) is 5.73 Å². The third-order valence-electron chi connectivity index (χ3n) is 3.58. The first kappa shape index (κ1) is 16.5. The van der Waals surface area contributed by atoms with E-state index in [4.69, 9.17) is 5.73 Å². The van der Waals surface area contributed by atoms with Crippen LogP contribution in [0.5, 0.6) is 0 Å². The van der Waals surface area contributed by atoms with Gasteiger partial charge in [-0.2, -0.15) is 0 Å². The maximum atomic E-state index is 5.63. The van der Waals surface area contributed by atoms with Gasteiger partial charge in [0.25, 0.3) is 0 Å². The van der Waals surface area contributed by atoms with E-state index in [1.54, 1.807) is 23.7 Å². The van der Waals surface area contributed by atoms with E-state index >= 15 is 0 Å². The molecule has 0 unspecified atom stereocenters. The van der Waals surface area contributed by atoms with E-state index in [1.807, 2.05) is 43.3 Å². The molecule has 0 amide bonds. The van der Waals surface area contributed by atoms with Gasteiger partial charge >= 0.3 is 0 Å². The fraction of sp³-hybridized carbons (Fsp3) is 0.294. The van der Waals surface area contributed by atoms with E-state index in [-0.39, 0.29) is 0 Å². The van der Waals surface area contributed by atoms with Crippen molar-refractivity contribution in [3.63, 3.8) is 0 Å². The monoisotopic (exact) mass is 340 g/mol. The molecule has 124 valence electrons. The van der Waals surface area contributed by atoms with Crippen molar-refractivity contribution in [2.75, 3.05) is 25.0 Å². The van der Waals surface area contributed by atoms with Gasteiger partial charge in [0.05, 0.1) is 15.6 Å². The highest BCUT2D eigenvalue weighted by atomic mass is 32.1. The first-order chi connectivity index (χ1) is 11.7. The molecule has 0 bridgehead atoms.